The van der Waals surface area contributed by atoms with Crippen LogP contribution in [0.4, 0.5) is 27.2 Å². The van der Waals surface area contributed by atoms with Gasteiger partial charge in [0.2, 0.25) is 5.95 Å². The summed E-state index contributed by atoms with van der Waals surface area (Å²) in [5.41, 5.74) is 7.35. The molecule has 11 nitrogen and oxygen atoms in total. The zero-order chi connectivity index (χ0) is 29.2. The number of hydrogen-bond donors (Lipinski definition) is 2. The van der Waals surface area contributed by atoms with Gasteiger partial charge in [-0.25, -0.2) is 9.59 Å². The molecule has 2 aliphatic heterocycles. The Kier molecular flexibility index (Phi) is 8.44. The highest BCUT2D eigenvalue weighted by atomic mass is 16.6. The molecule has 2 atom stereocenters. The first kappa shape index (κ1) is 29.4. The van der Waals surface area contributed by atoms with E-state index in [1.54, 1.807) is 11.0 Å². The molecular formula is C29H43N7O4. The molecule has 11 heteroatoms. The number of nitrogens with one attached hydrogen (secondary N) is 1. The van der Waals surface area contributed by atoms with E-state index in [0.29, 0.717) is 24.9 Å². The maximum absolute atomic E-state index is 12.4. The van der Waals surface area contributed by atoms with Crippen LogP contribution in [0.25, 0.3) is 0 Å². The van der Waals surface area contributed by atoms with Crippen LogP contribution in [0.1, 0.15) is 78.1 Å². The molecule has 2 aromatic rings. The molecule has 3 N–H and O–H groups in total. The Morgan fingerprint density at radius 1 is 1.12 bits per heavy atom. The third kappa shape index (κ3) is 6.75. The van der Waals surface area contributed by atoms with Crippen LogP contribution >= 0.6 is 0 Å². The Hall–Kier alpha value is -3.60. The van der Waals surface area contributed by atoms with E-state index in [0.717, 1.165) is 25.1 Å². The maximum Gasteiger partial charge on any atom is 0.416 e. The topological polar surface area (TPSA) is 126 Å². The molecule has 3 heterocycles. The number of cyclic esters (lactones) is 1. The summed E-state index contributed by atoms with van der Waals surface area (Å²) in [7, 11) is 0. The number of benzene rings is 1. The number of nitrogens with two attached hydrogens (primary N) is 1. The van der Waals surface area contributed by atoms with Crippen LogP contribution in [0.15, 0.2) is 30.3 Å². The number of rotatable bonds is 7. The largest absolute Gasteiger partial charge is 0.447 e. The normalized spacial score (nSPS) is 19.2. The number of anilines is 3. The van der Waals surface area contributed by atoms with E-state index in [9.17, 15) is 9.59 Å². The van der Waals surface area contributed by atoms with Gasteiger partial charge in [-0.3, -0.25) is 9.80 Å². The van der Waals surface area contributed by atoms with Crippen molar-refractivity contribution in [2.75, 3.05) is 48.7 Å². The van der Waals surface area contributed by atoms with Gasteiger partial charge in [0, 0.05) is 38.3 Å². The third-order valence-corrected chi connectivity index (χ3v) is 7.26. The van der Waals surface area contributed by atoms with Gasteiger partial charge in [0.15, 0.2) is 0 Å². The lowest BCUT2D eigenvalue weighted by Crippen LogP contribution is -2.50. The van der Waals surface area contributed by atoms with E-state index in [-0.39, 0.29) is 30.6 Å². The van der Waals surface area contributed by atoms with E-state index in [2.05, 4.69) is 51.4 Å². The van der Waals surface area contributed by atoms with Gasteiger partial charge in [-0.1, -0.05) is 31.2 Å². The monoisotopic (exact) mass is 553 g/mol. The lowest BCUT2D eigenvalue weighted by atomic mass is 9.98. The number of carbonyl (C=O) groups is 2. The Bertz CT molecular complexity index is 1200. The number of carbonyl (C=O) groups excluding carboxylic acids is 2. The van der Waals surface area contributed by atoms with Gasteiger partial charge in [-0.2, -0.15) is 9.97 Å². The van der Waals surface area contributed by atoms with E-state index in [1.807, 2.05) is 41.5 Å². The molecule has 218 valence electrons. The Morgan fingerprint density at radius 3 is 2.30 bits per heavy atom. The van der Waals surface area contributed by atoms with Crippen LogP contribution in [-0.2, 0) is 9.47 Å². The second kappa shape index (κ2) is 11.5. The van der Waals surface area contributed by atoms with Crippen molar-refractivity contribution in [1.82, 2.24) is 19.8 Å². The van der Waals surface area contributed by atoms with E-state index >= 15 is 0 Å². The van der Waals surface area contributed by atoms with Crippen LogP contribution in [0.3, 0.4) is 0 Å². The van der Waals surface area contributed by atoms with Crippen molar-refractivity contribution in [2.24, 2.45) is 0 Å². The van der Waals surface area contributed by atoms with Gasteiger partial charge >= 0.3 is 12.2 Å². The summed E-state index contributed by atoms with van der Waals surface area (Å²) in [6, 6.07) is 10.3. The van der Waals surface area contributed by atoms with E-state index < -0.39 is 17.2 Å². The Labute approximate surface area is 237 Å². The number of hydrogen-bond acceptors (Lipinski definition) is 9. The first-order valence-electron chi connectivity index (χ1n) is 14.0. The van der Waals surface area contributed by atoms with Crippen LogP contribution < -0.4 is 16.0 Å². The van der Waals surface area contributed by atoms with Gasteiger partial charge < -0.3 is 25.4 Å². The molecule has 4 rings (SSSR count). The summed E-state index contributed by atoms with van der Waals surface area (Å²) in [5, 5.41) is 3.32. The van der Waals surface area contributed by atoms with E-state index in [1.165, 1.54) is 10.5 Å². The SMILES string of the molecule is CCC(c1ccc(C(C)Nc2nc(N)cc(N3C(=O)OCC3(C)C)n2)cc1)N1CCN(C(=O)OC(C)(C)C)CC1. The average molecular weight is 554 g/mol. The van der Waals surface area contributed by atoms with Crippen LogP contribution in [0.5, 0.6) is 0 Å². The fourth-order valence-electron chi connectivity index (χ4n) is 5.18. The Morgan fingerprint density at radius 2 is 1.75 bits per heavy atom. The number of aromatic nitrogens is 2. The highest BCUT2D eigenvalue weighted by Crippen LogP contribution is 2.32. The standard InChI is InChI=1S/C29H43N7O4/c1-8-22(34-13-15-35(16-14-34)26(37)40-28(3,4)5)21-11-9-20(10-12-21)19(2)31-25-32-23(30)17-24(33-25)36-27(38)39-18-29(36,6)7/h9-12,17,19,22H,8,13-16,18H2,1-7H3,(H3,30,31,32,33). The highest BCUT2D eigenvalue weighted by Gasteiger charge is 2.42. The first-order chi connectivity index (χ1) is 18.8. The van der Waals surface area contributed by atoms with Gasteiger partial charge in [-0.15, -0.1) is 0 Å². The summed E-state index contributed by atoms with van der Waals surface area (Å²) in [5.74, 6) is 1.02. The molecule has 0 radical (unpaired) electrons. The fourth-order valence-corrected chi connectivity index (χ4v) is 5.18. The first-order valence-corrected chi connectivity index (χ1v) is 14.0. The number of nitrogen functional groups attached to an aromatic ring is 1. The van der Waals surface area contributed by atoms with Gasteiger partial charge in [0.25, 0.3) is 0 Å². The lowest BCUT2D eigenvalue weighted by molar-refractivity contribution is 0.00997. The quantitative estimate of drug-likeness (QED) is 0.489. The predicted molar refractivity (Wildman–Crippen MR) is 155 cm³/mol. The molecule has 2 aliphatic rings. The Balaban J connectivity index is 1.40. The molecule has 2 saturated heterocycles. The second-order valence-corrected chi connectivity index (χ2v) is 12.1. The van der Waals surface area contributed by atoms with Crippen LogP contribution in [-0.4, -0.2) is 75.9 Å². The molecular weight excluding hydrogens is 510 g/mol. The highest BCUT2D eigenvalue weighted by molar-refractivity contribution is 5.90. The smallest absolute Gasteiger partial charge is 0.416 e. The third-order valence-electron chi connectivity index (χ3n) is 7.26. The van der Waals surface area contributed by atoms with Crippen molar-refractivity contribution in [3.05, 3.63) is 41.5 Å². The minimum absolute atomic E-state index is 0.0975. The predicted octanol–water partition coefficient (Wildman–Crippen LogP) is 4.97. The van der Waals surface area contributed by atoms with Crippen LogP contribution in [0, 0.1) is 0 Å². The summed E-state index contributed by atoms with van der Waals surface area (Å²) in [4.78, 5) is 39.4. The minimum Gasteiger partial charge on any atom is -0.447 e. The molecule has 0 bridgehead atoms. The second-order valence-electron chi connectivity index (χ2n) is 12.1. The number of piperazine rings is 1. The maximum atomic E-state index is 12.4. The fraction of sp³-hybridized carbons (Fsp3) is 0.586. The molecule has 0 saturated carbocycles. The minimum atomic E-state index is -0.533. The summed E-state index contributed by atoms with van der Waals surface area (Å²) >= 11 is 0. The van der Waals surface area contributed by atoms with Crippen molar-refractivity contribution in [2.45, 2.75) is 78.1 Å². The zero-order valence-corrected chi connectivity index (χ0v) is 24.7. The number of nitrogens with zero attached hydrogens (tertiary/aromatic N) is 5. The van der Waals surface area contributed by atoms with Crippen molar-refractivity contribution in [3.63, 3.8) is 0 Å². The van der Waals surface area contributed by atoms with Gasteiger partial charge in [0.1, 0.15) is 23.8 Å². The number of ether oxygens (including phenoxy) is 2. The zero-order valence-electron chi connectivity index (χ0n) is 24.7. The molecule has 40 heavy (non-hydrogen) atoms. The summed E-state index contributed by atoms with van der Waals surface area (Å²) in [6.07, 6.45) is 0.273. The van der Waals surface area contributed by atoms with Crippen molar-refractivity contribution < 1.29 is 19.1 Å². The molecule has 1 aromatic carbocycles. The average Bonchev–Trinajstić information content (AvgIpc) is 3.15. The molecule has 0 aliphatic carbocycles. The molecule has 1 aromatic heterocycles. The number of amides is 2. The summed E-state index contributed by atoms with van der Waals surface area (Å²) < 4.78 is 10.8. The molecule has 2 unspecified atom stereocenters. The van der Waals surface area contributed by atoms with Crippen molar-refractivity contribution in [1.29, 1.82) is 0 Å². The molecule has 2 fully saturated rings. The van der Waals surface area contributed by atoms with E-state index in [4.69, 9.17) is 15.2 Å². The molecule has 2 amide bonds. The van der Waals surface area contributed by atoms with Crippen molar-refractivity contribution >= 4 is 29.8 Å². The van der Waals surface area contributed by atoms with Gasteiger partial charge in [0.05, 0.1) is 11.6 Å². The van der Waals surface area contributed by atoms with Crippen LogP contribution in [0.2, 0.25) is 0 Å². The van der Waals surface area contributed by atoms with Gasteiger partial charge in [-0.05, 0) is 59.1 Å². The lowest BCUT2D eigenvalue weighted by Gasteiger charge is -2.39. The summed E-state index contributed by atoms with van der Waals surface area (Å²) in [6.45, 7) is 16.9. The molecule has 0 spiro atoms. The van der Waals surface area contributed by atoms with Crippen molar-refractivity contribution in [3.8, 4) is 0 Å².